The van der Waals surface area contributed by atoms with Gasteiger partial charge in [-0.2, -0.15) is 0 Å². The minimum absolute atomic E-state index is 0.793. The van der Waals surface area contributed by atoms with E-state index in [1.54, 1.807) is 0 Å². The van der Waals surface area contributed by atoms with Gasteiger partial charge in [0.25, 0.3) is 0 Å². The molecule has 0 aromatic carbocycles. The highest BCUT2D eigenvalue weighted by atomic mass is 16.1. The van der Waals surface area contributed by atoms with E-state index < -0.39 is 0 Å². The van der Waals surface area contributed by atoms with E-state index in [9.17, 15) is 4.79 Å². The summed E-state index contributed by atoms with van der Waals surface area (Å²) in [5, 5.41) is 2.71. The predicted octanol–water partition coefficient (Wildman–Crippen LogP) is 2.09. The number of carbonyl (C=O) groups is 1. The second-order valence-corrected chi connectivity index (χ2v) is 3.72. The van der Waals surface area contributed by atoms with Crippen LogP contribution in [0.1, 0.15) is 44.9 Å². The molecule has 2 heteroatoms. The van der Waals surface area contributed by atoms with Crippen LogP contribution >= 0.6 is 0 Å². The maximum Gasteiger partial charge on any atom is 0.207 e. The Labute approximate surface area is 74.7 Å². The summed E-state index contributed by atoms with van der Waals surface area (Å²) in [6, 6.07) is 0. The maximum atomic E-state index is 9.94. The smallest absolute Gasteiger partial charge is 0.207 e. The molecule has 0 aliphatic heterocycles. The molecule has 1 amide bonds. The maximum absolute atomic E-state index is 9.94. The zero-order chi connectivity index (χ0) is 8.65. The fraction of sp³-hybridized carbons (Fsp3) is 0.900. The molecule has 0 unspecified atom stereocenters. The van der Waals surface area contributed by atoms with Gasteiger partial charge in [0.05, 0.1) is 0 Å². The SMILES string of the molecule is O=CNCCCC1CCCCC1. The van der Waals surface area contributed by atoms with Crippen LogP contribution in [0.25, 0.3) is 0 Å². The Morgan fingerprint density at radius 3 is 2.67 bits per heavy atom. The molecular weight excluding hydrogens is 150 g/mol. The number of carbonyl (C=O) groups excluding carboxylic acids is 1. The fourth-order valence-corrected chi connectivity index (χ4v) is 2.03. The van der Waals surface area contributed by atoms with Crippen LogP contribution in [0, 0.1) is 5.92 Å². The highest BCUT2D eigenvalue weighted by Crippen LogP contribution is 2.26. The van der Waals surface area contributed by atoms with Crippen molar-refractivity contribution in [2.24, 2.45) is 5.92 Å². The molecule has 1 aliphatic rings. The van der Waals surface area contributed by atoms with E-state index in [-0.39, 0.29) is 0 Å². The Balaban J connectivity index is 1.94. The summed E-state index contributed by atoms with van der Waals surface area (Å²) in [7, 11) is 0. The Bertz CT molecular complexity index is 119. The van der Waals surface area contributed by atoms with Crippen LogP contribution in [0.15, 0.2) is 0 Å². The summed E-state index contributed by atoms with van der Waals surface area (Å²) in [6.45, 7) is 0.861. The molecule has 0 heterocycles. The van der Waals surface area contributed by atoms with E-state index in [2.05, 4.69) is 5.32 Å². The molecule has 1 fully saturated rings. The van der Waals surface area contributed by atoms with Gasteiger partial charge in [0.1, 0.15) is 0 Å². The van der Waals surface area contributed by atoms with E-state index >= 15 is 0 Å². The number of amides is 1. The molecule has 0 atom stereocenters. The molecule has 1 N–H and O–H groups in total. The number of hydrogen-bond donors (Lipinski definition) is 1. The van der Waals surface area contributed by atoms with Crippen LogP contribution < -0.4 is 5.32 Å². The first kappa shape index (κ1) is 9.56. The van der Waals surface area contributed by atoms with Crippen molar-refractivity contribution in [1.82, 2.24) is 5.32 Å². The summed E-state index contributed by atoms with van der Waals surface area (Å²) in [5.74, 6) is 0.951. The van der Waals surface area contributed by atoms with Gasteiger partial charge in [-0.3, -0.25) is 4.79 Å². The minimum Gasteiger partial charge on any atom is -0.359 e. The number of hydrogen-bond acceptors (Lipinski definition) is 1. The molecule has 1 aliphatic carbocycles. The van der Waals surface area contributed by atoms with Crippen LogP contribution in [0.5, 0.6) is 0 Å². The Hall–Kier alpha value is -0.530. The van der Waals surface area contributed by atoms with Crippen molar-refractivity contribution in [2.75, 3.05) is 6.54 Å². The number of rotatable bonds is 5. The van der Waals surface area contributed by atoms with Gasteiger partial charge >= 0.3 is 0 Å². The van der Waals surface area contributed by atoms with Gasteiger partial charge in [-0.1, -0.05) is 32.1 Å². The lowest BCUT2D eigenvalue weighted by Crippen LogP contribution is -2.14. The van der Waals surface area contributed by atoms with Crippen molar-refractivity contribution in [3.8, 4) is 0 Å². The first-order valence-electron chi connectivity index (χ1n) is 5.10. The van der Waals surface area contributed by atoms with E-state index in [0.717, 1.165) is 25.3 Å². The van der Waals surface area contributed by atoms with E-state index in [0.29, 0.717) is 0 Å². The Morgan fingerprint density at radius 1 is 1.25 bits per heavy atom. The van der Waals surface area contributed by atoms with E-state index in [4.69, 9.17) is 0 Å². The van der Waals surface area contributed by atoms with Crippen LogP contribution in [0.2, 0.25) is 0 Å². The van der Waals surface area contributed by atoms with Crippen LogP contribution in [0.3, 0.4) is 0 Å². The lowest BCUT2D eigenvalue weighted by atomic mass is 9.86. The molecule has 0 bridgehead atoms. The molecule has 0 spiro atoms. The molecule has 12 heavy (non-hydrogen) atoms. The fourth-order valence-electron chi connectivity index (χ4n) is 2.03. The van der Waals surface area contributed by atoms with Crippen molar-refractivity contribution in [3.63, 3.8) is 0 Å². The monoisotopic (exact) mass is 169 g/mol. The van der Waals surface area contributed by atoms with Gasteiger partial charge in [-0.05, 0) is 18.8 Å². The molecule has 0 aromatic rings. The Morgan fingerprint density at radius 2 is 2.00 bits per heavy atom. The van der Waals surface area contributed by atoms with E-state index in [1.165, 1.54) is 38.5 Å². The van der Waals surface area contributed by atoms with Crippen LogP contribution in [-0.2, 0) is 4.79 Å². The number of nitrogens with one attached hydrogen (secondary N) is 1. The van der Waals surface area contributed by atoms with Crippen LogP contribution in [0.4, 0.5) is 0 Å². The first-order valence-corrected chi connectivity index (χ1v) is 5.10. The lowest BCUT2D eigenvalue weighted by Gasteiger charge is -2.20. The third kappa shape index (κ3) is 3.74. The highest BCUT2D eigenvalue weighted by molar-refractivity contribution is 5.45. The largest absolute Gasteiger partial charge is 0.359 e. The van der Waals surface area contributed by atoms with Crippen molar-refractivity contribution in [2.45, 2.75) is 44.9 Å². The topological polar surface area (TPSA) is 29.1 Å². The first-order chi connectivity index (χ1) is 5.93. The molecule has 2 nitrogen and oxygen atoms in total. The summed E-state index contributed by atoms with van der Waals surface area (Å²) >= 11 is 0. The third-order valence-electron chi connectivity index (χ3n) is 2.74. The summed E-state index contributed by atoms with van der Waals surface area (Å²) < 4.78 is 0. The molecule has 0 saturated heterocycles. The van der Waals surface area contributed by atoms with E-state index in [1.807, 2.05) is 0 Å². The van der Waals surface area contributed by atoms with Crippen molar-refractivity contribution in [1.29, 1.82) is 0 Å². The average Bonchev–Trinajstić information content (AvgIpc) is 2.14. The highest BCUT2D eigenvalue weighted by Gasteiger charge is 2.11. The lowest BCUT2D eigenvalue weighted by molar-refractivity contribution is -0.109. The van der Waals surface area contributed by atoms with Crippen molar-refractivity contribution < 1.29 is 4.79 Å². The zero-order valence-corrected chi connectivity index (χ0v) is 7.72. The molecule has 70 valence electrons. The molecule has 1 rings (SSSR count). The minimum atomic E-state index is 0.793. The predicted molar refractivity (Wildman–Crippen MR) is 49.9 cm³/mol. The van der Waals surface area contributed by atoms with Crippen LogP contribution in [-0.4, -0.2) is 13.0 Å². The van der Waals surface area contributed by atoms with Gasteiger partial charge in [-0.15, -0.1) is 0 Å². The standard InChI is InChI=1S/C10H19NO/c12-9-11-8-4-7-10-5-2-1-3-6-10/h9-10H,1-8H2,(H,11,12). The van der Waals surface area contributed by atoms with Crippen molar-refractivity contribution >= 4 is 6.41 Å². The molecule has 0 radical (unpaired) electrons. The third-order valence-corrected chi connectivity index (χ3v) is 2.74. The quantitative estimate of drug-likeness (QED) is 0.495. The molecule has 0 aromatic heterocycles. The normalized spacial score (nSPS) is 19.0. The average molecular weight is 169 g/mol. The second kappa shape index (κ2) is 6.04. The summed E-state index contributed by atoms with van der Waals surface area (Å²) in [6.07, 6.45) is 10.4. The van der Waals surface area contributed by atoms with Gasteiger partial charge in [0, 0.05) is 6.54 Å². The second-order valence-electron chi connectivity index (χ2n) is 3.72. The summed E-state index contributed by atoms with van der Waals surface area (Å²) in [4.78, 5) is 9.94. The Kier molecular flexibility index (Phi) is 4.81. The zero-order valence-electron chi connectivity index (χ0n) is 7.72. The summed E-state index contributed by atoms with van der Waals surface area (Å²) in [5.41, 5.74) is 0. The van der Waals surface area contributed by atoms with Gasteiger partial charge < -0.3 is 5.32 Å². The molecule has 1 saturated carbocycles. The molecular formula is C10H19NO. The van der Waals surface area contributed by atoms with Gasteiger partial charge in [0.2, 0.25) is 6.41 Å². The van der Waals surface area contributed by atoms with Crippen molar-refractivity contribution in [3.05, 3.63) is 0 Å². The van der Waals surface area contributed by atoms with Gasteiger partial charge in [-0.25, -0.2) is 0 Å². The van der Waals surface area contributed by atoms with Gasteiger partial charge in [0.15, 0.2) is 0 Å².